The zero-order valence-corrected chi connectivity index (χ0v) is 13.2. The first-order chi connectivity index (χ1) is 8.70. The van der Waals surface area contributed by atoms with Gasteiger partial charge in [-0.15, -0.1) is 0 Å². The summed E-state index contributed by atoms with van der Waals surface area (Å²) in [6.07, 6.45) is 0. The molecule has 1 rings (SSSR count). The van der Waals surface area contributed by atoms with Crippen molar-refractivity contribution in [1.29, 1.82) is 0 Å². The molecule has 106 valence electrons. The molecule has 0 heterocycles. The van der Waals surface area contributed by atoms with Crippen LogP contribution in [0.3, 0.4) is 0 Å². The molecule has 0 aromatic heterocycles. The van der Waals surface area contributed by atoms with E-state index in [0.717, 1.165) is 11.0 Å². The van der Waals surface area contributed by atoms with Crippen LogP contribution < -0.4 is 4.74 Å². The number of quaternary nitrogens is 1. The third-order valence-electron chi connectivity index (χ3n) is 2.37. The molecule has 1 N–H and O–H groups in total. The van der Waals surface area contributed by atoms with Crippen molar-refractivity contribution in [3.63, 3.8) is 0 Å². The molecule has 0 aliphatic rings. The second-order valence-electron chi connectivity index (χ2n) is 5.03. The molecule has 1 aromatic rings. The number of rotatable bonds is 6. The first-order valence-electron chi connectivity index (χ1n) is 5.56. The van der Waals surface area contributed by atoms with E-state index in [1.807, 2.05) is 21.1 Å². The van der Waals surface area contributed by atoms with Crippen LogP contribution in [0.15, 0.2) is 18.2 Å². The molecule has 7 heteroatoms. The van der Waals surface area contributed by atoms with Crippen LogP contribution in [0.1, 0.15) is 10.4 Å². The Balaban J connectivity index is 2.88. The normalized spacial score (nSPS) is 11.6. The van der Waals surface area contributed by atoms with E-state index in [-0.39, 0.29) is 9.13 Å². The van der Waals surface area contributed by atoms with Crippen molar-refractivity contribution >= 4 is 25.8 Å². The van der Waals surface area contributed by atoms with Gasteiger partial charge in [0.05, 0.1) is 30.3 Å². The molecule has 1 aromatic carbocycles. The maximum atomic E-state index is 11.0. The number of carbonyl (C=O) groups is 1. The molecular weight excluding hydrogens is 365 g/mol. The maximum absolute atomic E-state index is 11.0. The van der Waals surface area contributed by atoms with Crippen molar-refractivity contribution in [2.75, 3.05) is 34.3 Å². The third kappa shape index (κ3) is 5.11. The monoisotopic (exact) mass is 382 g/mol. The number of halogens is 1. The van der Waals surface area contributed by atoms with Crippen LogP contribution in [0.4, 0.5) is 0 Å². The van der Waals surface area contributed by atoms with Gasteiger partial charge >= 0.3 is 25.8 Å². The lowest BCUT2D eigenvalue weighted by Gasteiger charge is -2.23. The fourth-order valence-corrected chi connectivity index (χ4v) is 2.66. The van der Waals surface area contributed by atoms with Gasteiger partial charge in [0.2, 0.25) is 0 Å². The van der Waals surface area contributed by atoms with Crippen LogP contribution in [0.5, 0.6) is 5.75 Å². The zero-order chi connectivity index (χ0) is 14.6. The average Bonchev–Trinajstić information content (AvgIpc) is 2.26. The number of benzene rings is 1. The van der Waals surface area contributed by atoms with Gasteiger partial charge < -0.3 is 14.3 Å². The summed E-state index contributed by atoms with van der Waals surface area (Å²) in [6, 6.07) is 4.03. The summed E-state index contributed by atoms with van der Waals surface area (Å²) in [7, 11) is 6.04. The zero-order valence-electron chi connectivity index (χ0n) is 11.1. The standard InChI is InChI=1S/C12H16INO5/c1-14(2,3)6-7-19-9-4-5-11(13(17)18)10(8-9)12(15)16/h4-5,8H,6-7H2,1-3H3/p+1. The number of likely N-dealkylation sites (N-methyl/N-ethyl adjacent to an activating group) is 1. The highest BCUT2D eigenvalue weighted by molar-refractivity contribution is 14.2. The lowest BCUT2D eigenvalue weighted by Crippen LogP contribution is -2.38. The van der Waals surface area contributed by atoms with Crippen molar-refractivity contribution in [3.05, 3.63) is 27.3 Å². The Bertz CT molecular complexity index is 538. The molecule has 0 atom stereocenters. The summed E-state index contributed by atoms with van der Waals surface area (Å²) in [6.45, 7) is 1.19. The number of carboxylic acids is 1. The van der Waals surface area contributed by atoms with E-state index in [1.165, 1.54) is 18.2 Å². The topological polar surface area (TPSA) is 80.7 Å². The molecule has 0 aliphatic carbocycles. The second-order valence-corrected chi connectivity index (χ2v) is 7.43. The Hall–Kier alpha value is -1.22. The maximum Gasteiger partial charge on any atom is 0.341 e. The molecule has 6 nitrogen and oxygen atoms in total. The van der Waals surface area contributed by atoms with E-state index < -0.39 is 25.8 Å². The molecule has 0 radical (unpaired) electrons. The lowest BCUT2D eigenvalue weighted by molar-refractivity contribution is -0.870. The van der Waals surface area contributed by atoms with Crippen molar-refractivity contribution in [2.24, 2.45) is 0 Å². The summed E-state index contributed by atoms with van der Waals surface area (Å²) in [5.41, 5.74) is -0.224. The van der Waals surface area contributed by atoms with Gasteiger partial charge in [-0.3, -0.25) is 0 Å². The number of carboxylic acid groups (broad SMARTS) is 1. The van der Waals surface area contributed by atoms with E-state index in [9.17, 15) is 10.9 Å². The highest BCUT2D eigenvalue weighted by Gasteiger charge is 2.15. The van der Waals surface area contributed by atoms with E-state index in [4.69, 9.17) is 9.84 Å². The Kier molecular flexibility index (Phi) is 5.24. The molecule has 0 saturated carbocycles. The van der Waals surface area contributed by atoms with Gasteiger partial charge in [-0.2, -0.15) is 0 Å². The number of hydrogen-bond acceptors (Lipinski definition) is 4. The van der Waals surface area contributed by atoms with Gasteiger partial charge in [0.15, 0.2) is 0 Å². The van der Waals surface area contributed by atoms with Crippen LogP contribution in [0.25, 0.3) is 0 Å². The minimum atomic E-state index is -3.81. The molecule has 0 saturated heterocycles. The Morgan fingerprint density at radius 3 is 2.42 bits per heavy atom. The highest BCUT2D eigenvalue weighted by atomic mass is 127. The molecular formula is C12H17INO5+. The summed E-state index contributed by atoms with van der Waals surface area (Å²) in [4.78, 5) is 11.0. The molecule has 0 amide bonds. The average molecular weight is 382 g/mol. The highest BCUT2D eigenvalue weighted by Crippen LogP contribution is 2.25. The summed E-state index contributed by atoms with van der Waals surface area (Å²) < 4.78 is 28.1. The van der Waals surface area contributed by atoms with Gasteiger partial charge in [-0.1, -0.05) is 0 Å². The van der Waals surface area contributed by atoms with Crippen molar-refractivity contribution < 1.29 is 25.3 Å². The van der Waals surface area contributed by atoms with Crippen LogP contribution in [-0.2, 0) is 6.14 Å². The molecule has 19 heavy (non-hydrogen) atoms. The molecule has 0 aliphatic heterocycles. The third-order valence-corrected chi connectivity index (χ3v) is 4.25. The first-order valence-corrected chi connectivity index (χ1v) is 8.40. The van der Waals surface area contributed by atoms with Gasteiger partial charge in [-0.25, -0.2) is 10.9 Å². The SMILES string of the molecule is C[N+](C)(C)CCOc1ccc(I(=O)=O)c(C(=O)O)c1. The summed E-state index contributed by atoms with van der Waals surface area (Å²) >= 11 is -3.81. The quantitative estimate of drug-likeness (QED) is 0.600. The van der Waals surface area contributed by atoms with E-state index in [1.54, 1.807) is 0 Å². The van der Waals surface area contributed by atoms with Gasteiger partial charge in [0, 0.05) is 0 Å². The van der Waals surface area contributed by atoms with Crippen molar-refractivity contribution in [1.82, 2.24) is 0 Å². The molecule has 0 unspecified atom stereocenters. The number of hydrogen-bond donors (Lipinski definition) is 1. The summed E-state index contributed by atoms with van der Waals surface area (Å²) in [5.74, 6) is -0.895. The first kappa shape index (κ1) is 15.8. The smallest absolute Gasteiger partial charge is 0.341 e. The van der Waals surface area contributed by atoms with Gasteiger partial charge in [-0.05, 0) is 18.2 Å². The predicted octanol–water partition coefficient (Wildman–Crippen LogP) is 1.84. The summed E-state index contributed by atoms with van der Waals surface area (Å²) in [5, 5.41) is 8.98. The van der Waals surface area contributed by atoms with Crippen LogP contribution in [0.2, 0.25) is 0 Å². The van der Waals surface area contributed by atoms with Crippen molar-refractivity contribution in [2.45, 2.75) is 0 Å². The fraction of sp³-hybridized carbons (Fsp3) is 0.417. The van der Waals surface area contributed by atoms with E-state index in [2.05, 4.69) is 0 Å². The molecule has 0 spiro atoms. The molecule has 0 bridgehead atoms. The minimum absolute atomic E-state index is 0.115. The van der Waals surface area contributed by atoms with Crippen LogP contribution in [0, 0.1) is 3.57 Å². The Morgan fingerprint density at radius 2 is 1.95 bits per heavy atom. The van der Waals surface area contributed by atoms with Gasteiger partial charge in [0.1, 0.15) is 18.9 Å². The second kappa shape index (κ2) is 6.29. The van der Waals surface area contributed by atoms with Gasteiger partial charge in [0.25, 0.3) is 0 Å². The number of nitrogens with zero attached hydrogens (tertiary/aromatic N) is 1. The van der Waals surface area contributed by atoms with Crippen molar-refractivity contribution in [3.8, 4) is 5.75 Å². The van der Waals surface area contributed by atoms with Crippen LogP contribution >= 0.6 is 19.8 Å². The van der Waals surface area contributed by atoms with Crippen LogP contribution in [-0.4, -0.2) is 49.9 Å². The van der Waals surface area contributed by atoms with E-state index >= 15 is 0 Å². The minimum Gasteiger partial charge on any atom is -0.488 e. The Morgan fingerprint density at radius 1 is 1.32 bits per heavy atom. The van der Waals surface area contributed by atoms with E-state index in [0.29, 0.717) is 12.4 Å². The number of aromatic carboxylic acids is 1. The Labute approximate surface area is 118 Å². The number of ether oxygens (including phenoxy) is 1. The fourth-order valence-electron chi connectivity index (χ4n) is 1.33. The largest absolute Gasteiger partial charge is 0.488 e. The lowest BCUT2D eigenvalue weighted by atomic mass is 10.2. The molecule has 0 fully saturated rings. The predicted molar refractivity (Wildman–Crippen MR) is 75.9 cm³/mol.